The number of rotatable bonds is 4. The van der Waals surface area contributed by atoms with E-state index in [4.69, 9.17) is 0 Å². The molecule has 68 valence electrons. The first kappa shape index (κ1) is 9.38. The Labute approximate surface area is 73.6 Å². The van der Waals surface area contributed by atoms with Crippen LogP contribution in [0.15, 0.2) is 5.38 Å². The Morgan fingerprint density at radius 2 is 2.42 bits per heavy atom. The fourth-order valence-electron chi connectivity index (χ4n) is 0.715. The van der Waals surface area contributed by atoms with Crippen molar-refractivity contribution < 1.29 is 8.78 Å². The van der Waals surface area contributed by atoms with Crippen LogP contribution in [0.4, 0.5) is 13.9 Å². The maximum atomic E-state index is 11.7. The molecular weight excluding hydrogens is 182 g/mol. The lowest BCUT2D eigenvalue weighted by Crippen LogP contribution is -2.09. The number of nitrogens with one attached hydrogen (secondary N) is 1. The molecule has 1 N–H and O–H groups in total. The van der Waals surface area contributed by atoms with Gasteiger partial charge >= 0.3 is 0 Å². The molecule has 0 unspecified atom stereocenters. The summed E-state index contributed by atoms with van der Waals surface area (Å²) in [7, 11) is 0. The highest BCUT2D eigenvalue weighted by atomic mass is 32.1. The number of alkyl halides is 2. The molecule has 0 saturated heterocycles. The molecule has 0 spiro atoms. The van der Waals surface area contributed by atoms with Crippen LogP contribution in [-0.2, 0) is 6.42 Å². The summed E-state index contributed by atoms with van der Waals surface area (Å²) in [5.74, 6) is 0. The minimum Gasteiger partial charge on any atom is -0.356 e. The van der Waals surface area contributed by atoms with Crippen molar-refractivity contribution >= 4 is 16.5 Å². The van der Waals surface area contributed by atoms with Gasteiger partial charge in [-0.3, -0.25) is 0 Å². The van der Waals surface area contributed by atoms with Gasteiger partial charge in [0.1, 0.15) is 0 Å². The highest BCUT2D eigenvalue weighted by Crippen LogP contribution is 2.15. The number of halogens is 2. The van der Waals surface area contributed by atoms with E-state index in [0.29, 0.717) is 5.13 Å². The first-order chi connectivity index (χ1) is 5.72. The lowest BCUT2D eigenvalue weighted by molar-refractivity contribution is 0.163. The van der Waals surface area contributed by atoms with E-state index in [-0.39, 0.29) is 6.54 Å². The van der Waals surface area contributed by atoms with Crippen LogP contribution in [0, 0.1) is 0 Å². The molecule has 12 heavy (non-hydrogen) atoms. The fraction of sp³-hybridized carbons (Fsp3) is 0.571. The molecule has 0 radical (unpaired) electrons. The van der Waals surface area contributed by atoms with Crippen molar-refractivity contribution in [3.63, 3.8) is 0 Å². The average Bonchev–Trinajstić information content (AvgIpc) is 2.48. The van der Waals surface area contributed by atoms with Crippen LogP contribution < -0.4 is 5.32 Å². The van der Waals surface area contributed by atoms with E-state index < -0.39 is 6.43 Å². The van der Waals surface area contributed by atoms with Crippen molar-refractivity contribution in [3.8, 4) is 0 Å². The van der Waals surface area contributed by atoms with E-state index >= 15 is 0 Å². The van der Waals surface area contributed by atoms with Crippen molar-refractivity contribution in [2.45, 2.75) is 19.8 Å². The number of aromatic nitrogens is 1. The molecule has 0 bridgehead atoms. The van der Waals surface area contributed by atoms with Gasteiger partial charge in [0.25, 0.3) is 6.43 Å². The molecule has 1 rings (SSSR count). The Morgan fingerprint density at radius 1 is 1.67 bits per heavy atom. The molecule has 2 nitrogen and oxygen atoms in total. The summed E-state index contributed by atoms with van der Waals surface area (Å²) in [6, 6.07) is 0. The van der Waals surface area contributed by atoms with Crippen LogP contribution in [-0.4, -0.2) is 18.0 Å². The van der Waals surface area contributed by atoms with Crippen molar-refractivity contribution in [2.75, 3.05) is 11.9 Å². The van der Waals surface area contributed by atoms with Crippen LogP contribution in [0.3, 0.4) is 0 Å². The molecular formula is C7H10F2N2S. The Morgan fingerprint density at radius 3 is 2.92 bits per heavy atom. The quantitative estimate of drug-likeness (QED) is 0.792. The summed E-state index contributed by atoms with van der Waals surface area (Å²) >= 11 is 1.36. The van der Waals surface area contributed by atoms with Gasteiger partial charge in [-0.25, -0.2) is 13.8 Å². The monoisotopic (exact) mass is 192 g/mol. The molecule has 0 aliphatic rings. The fourth-order valence-corrected chi connectivity index (χ4v) is 1.52. The molecule has 0 aromatic carbocycles. The Balaban J connectivity index is 2.41. The van der Waals surface area contributed by atoms with E-state index in [1.54, 1.807) is 0 Å². The van der Waals surface area contributed by atoms with Gasteiger partial charge in [-0.1, -0.05) is 6.92 Å². The summed E-state index contributed by atoms with van der Waals surface area (Å²) < 4.78 is 23.4. The highest BCUT2D eigenvalue weighted by molar-refractivity contribution is 7.13. The molecule has 0 aliphatic heterocycles. The molecule has 0 atom stereocenters. The van der Waals surface area contributed by atoms with E-state index in [0.717, 1.165) is 12.1 Å². The molecule has 0 fully saturated rings. The zero-order valence-corrected chi connectivity index (χ0v) is 7.50. The minimum atomic E-state index is -2.32. The SMILES string of the molecule is CCc1csc(NCC(F)F)n1. The molecule has 1 aromatic heterocycles. The third kappa shape index (κ3) is 2.73. The summed E-state index contributed by atoms with van der Waals surface area (Å²) in [5, 5.41) is 5.00. The summed E-state index contributed by atoms with van der Waals surface area (Å²) in [4.78, 5) is 4.07. The van der Waals surface area contributed by atoms with Crippen LogP contribution in [0.25, 0.3) is 0 Å². The second-order valence-electron chi connectivity index (χ2n) is 2.27. The standard InChI is InChI=1S/C7H10F2N2S/c1-2-5-4-12-7(11-5)10-3-6(8)9/h4,6H,2-3H2,1H3,(H,10,11). The maximum Gasteiger partial charge on any atom is 0.255 e. The van der Waals surface area contributed by atoms with E-state index in [2.05, 4.69) is 10.3 Å². The second kappa shape index (κ2) is 4.35. The molecule has 0 amide bonds. The first-order valence-corrected chi connectivity index (χ1v) is 4.56. The Bertz CT molecular complexity index is 237. The van der Waals surface area contributed by atoms with Crippen molar-refractivity contribution in [1.82, 2.24) is 4.98 Å². The molecule has 0 aliphatic carbocycles. The Kier molecular flexibility index (Phi) is 3.40. The van der Waals surface area contributed by atoms with Gasteiger partial charge in [0.15, 0.2) is 5.13 Å². The molecule has 1 heterocycles. The second-order valence-corrected chi connectivity index (χ2v) is 3.13. The third-order valence-corrected chi connectivity index (χ3v) is 2.17. The number of hydrogen-bond acceptors (Lipinski definition) is 3. The number of nitrogens with zero attached hydrogens (tertiary/aromatic N) is 1. The van der Waals surface area contributed by atoms with Crippen LogP contribution in [0.1, 0.15) is 12.6 Å². The predicted molar refractivity (Wildman–Crippen MR) is 46.0 cm³/mol. The number of aryl methyl sites for hydroxylation is 1. The average molecular weight is 192 g/mol. The van der Waals surface area contributed by atoms with E-state index in [9.17, 15) is 8.78 Å². The predicted octanol–water partition coefficient (Wildman–Crippen LogP) is 2.38. The van der Waals surface area contributed by atoms with Crippen LogP contribution >= 0.6 is 11.3 Å². The van der Waals surface area contributed by atoms with Crippen molar-refractivity contribution in [1.29, 1.82) is 0 Å². The van der Waals surface area contributed by atoms with Gasteiger partial charge in [-0.15, -0.1) is 11.3 Å². The zero-order valence-electron chi connectivity index (χ0n) is 6.68. The van der Waals surface area contributed by atoms with E-state index in [1.165, 1.54) is 11.3 Å². The largest absolute Gasteiger partial charge is 0.356 e. The molecule has 5 heteroatoms. The lowest BCUT2D eigenvalue weighted by Gasteiger charge is -1.99. The third-order valence-electron chi connectivity index (χ3n) is 1.32. The number of thiazole rings is 1. The van der Waals surface area contributed by atoms with Gasteiger partial charge in [0.05, 0.1) is 12.2 Å². The van der Waals surface area contributed by atoms with Gasteiger partial charge in [-0.05, 0) is 6.42 Å². The summed E-state index contributed by atoms with van der Waals surface area (Å²) in [6.07, 6.45) is -1.48. The topological polar surface area (TPSA) is 24.9 Å². The minimum absolute atomic E-state index is 0.323. The first-order valence-electron chi connectivity index (χ1n) is 3.68. The molecule has 1 aromatic rings. The highest BCUT2D eigenvalue weighted by Gasteiger charge is 2.03. The number of anilines is 1. The maximum absolute atomic E-state index is 11.7. The number of hydrogen-bond donors (Lipinski definition) is 1. The zero-order chi connectivity index (χ0) is 8.97. The van der Waals surface area contributed by atoms with Gasteiger partial charge in [-0.2, -0.15) is 0 Å². The molecule has 0 saturated carbocycles. The lowest BCUT2D eigenvalue weighted by atomic mass is 10.4. The van der Waals surface area contributed by atoms with Gasteiger partial charge in [0, 0.05) is 5.38 Å². The Hall–Kier alpha value is -0.710. The normalized spacial score (nSPS) is 10.7. The van der Waals surface area contributed by atoms with E-state index in [1.807, 2.05) is 12.3 Å². The van der Waals surface area contributed by atoms with Crippen LogP contribution in [0.5, 0.6) is 0 Å². The van der Waals surface area contributed by atoms with Crippen molar-refractivity contribution in [3.05, 3.63) is 11.1 Å². The smallest absolute Gasteiger partial charge is 0.255 e. The van der Waals surface area contributed by atoms with Crippen molar-refractivity contribution in [2.24, 2.45) is 0 Å². The van der Waals surface area contributed by atoms with Gasteiger partial charge < -0.3 is 5.32 Å². The van der Waals surface area contributed by atoms with Gasteiger partial charge in [0.2, 0.25) is 0 Å². The summed E-state index contributed by atoms with van der Waals surface area (Å²) in [6.45, 7) is 1.66. The van der Waals surface area contributed by atoms with Crippen LogP contribution in [0.2, 0.25) is 0 Å². The summed E-state index contributed by atoms with van der Waals surface area (Å²) in [5.41, 5.74) is 0.941.